The highest BCUT2D eigenvalue weighted by molar-refractivity contribution is 5.27. The molecule has 27 heavy (non-hydrogen) atoms. The molecule has 0 bridgehead atoms. The maximum Gasteiger partial charge on any atom is 0.573 e. The first-order valence-corrected chi connectivity index (χ1v) is 9.52. The van der Waals surface area contributed by atoms with Gasteiger partial charge in [0, 0.05) is 6.08 Å². The lowest BCUT2D eigenvalue weighted by Gasteiger charge is -2.28. The number of ether oxygens (including phenoxy) is 1. The van der Waals surface area contributed by atoms with E-state index < -0.39 is 6.36 Å². The lowest BCUT2D eigenvalue weighted by molar-refractivity contribution is -0.274. The number of allylic oxidation sites excluding steroid dienone is 4. The van der Waals surface area contributed by atoms with Crippen LogP contribution in [-0.4, -0.2) is 6.36 Å². The molecule has 0 radical (unpaired) electrons. The normalized spacial score (nSPS) is 20.8. The van der Waals surface area contributed by atoms with Crippen molar-refractivity contribution in [2.75, 3.05) is 0 Å². The van der Waals surface area contributed by atoms with Crippen molar-refractivity contribution in [3.63, 3.8) is 0 Å². The van der Waals surface area contributed by atoms with Gasteiger partial charge in [-0.25, -0.2) is 0 Å². The Labute approximate surface area is 159 Å². The zero-order valence-corrected chi connectivity index (χ0v) is 15.4. The topological polar surface area (TPSA) is 33.0 Å². The van der Waals surface area contributed by atoms with Gasteiger partial charge in [-0.3, -0.25) is 0 Å². The van der Waals surface area contributed by atoms with Crippen LogP contribution in [0.3, 0.4) is 0 Å². The number of aryl methyl sites for hydroxylation is 1. The van der Waals surface area contributed by atoms with E-state index in [1.807, 2.05) is 12.1 Å². The van der Waals surface area contributed by atoms with Crippen molar-refractivity contribution < 1.29 is 17.9 Å². The van der Waals surface area contributed by atoms with Gasteiger partial charge in [-0.05, 0) is 55.2 Å². The van der Waals surface area contributed by atoms with Gasteiger partial charge in [-0.15, -0.1) is 13.2 Å². The van der Waals surface area contributed by atoms with Gasteiger partial charge in [0.25, 0.3) is 0 Å². The molecule has 1 aliphatic rings. The van der Waals surface area contributed by atoms with E-state index in [0.717, 1.165) is 30.7 Å². The van der Waals surface area contributed by atoms with Crippen LogP contribution in [0.25, 0.3) is 0 Å². The second-order valence-corrected chi connectivity index (χ2v) is 7.11. The lowest BCUT2D eigenvalue weighted by atomic mass is 9.78. The number of halogens is 3. The van der Waals surface area contributed by atoms with Gasteiger partial charge in [0.15, 0.2) is 0 Å². The molecule has 5 heteroatoms. The molecule has 0 heterocycles. The monoisotopic (exact) mass is 377 g/mol. The number of benzene rings is 1. The minimum Gasteiger partial charge on any atom is -0.406 e. The Morgan fingerprint density at radius 1 is 1.00 bits per heavy atom. The Bertz CT molecular complexity index is 648. The van der Waals surface area contributed by atoms with E-state index in [2.05, 4.69) is 10.8 Å². The van der Waals surface area contributed by atoms with Crippen molar-refractivity contribution in [3.8, 4) is 11.8 Å². The van der Waals surface area contributed by atoms with Crippen molar-refractivity contribution in [2.45, 2.75) is 57.7 Å². The molecule has 0 atom stereocenters. The first-order chi connectivity index (χ1) is 13.0. The summed E-state index contributed by atoms with van der Waals surface area (Å²) in [6.45, 7) is 0. The molecule has 2 rings (SSSR count). The highest BCUT2D eigenvalue weighted by atomic mass is 19.4. The van der Waals surface area contributed by atoms with Gasteiger partial charge >= 0.3 is 6.36 Å². The van der Waals surface area contributed by atoms with Crippen molar-refractivity contribution in [1.29, 1.82) is 5.26 Å². The summed E-state index contributed by atoms with van der Waals surface area (Å²) in [7, 11) is 0. The average Bonchev–Trinajstić information content (AvgIpc) is 2.64. The lowest BCUT2D eigenvalue weighted by Crippen LogP contribution is -2.17. The molecular weight excluding hydrogens is 351 g/mol. The third-order valence-electron chi connectivity index (χ3n) is 5.12. The molecule has 0 spiro atoms. The minimum absolute atomic E-state index is 0.163. The quantitative estimate of drug-likeness (QED) is 0.371. The first kappa shape index (κ1) is 21.1. The summed E-state index contributed by atoms with van der Waals surface area (Å²) in [5, 5.41) is 8.40. The predicted octanol–water partition coefficient (Wildman–Crippen LogP) is 6.74. The third kappa shape index (κ3) is 8.81. The molecular formula is C22H26F3NO. The summed E-state index contributed by atoms with van der Waals surface area (Å²) in [5.41, 5.74) is 1.06. The van der Waals surface area contributed by atoms with Gasteiger partial charge < -0.3 is 4.74 Å². The highest BCUT2D eigenvalue weighted by Gasteiger charge is 2.31. The van der Waals surface area contributed by atoms with Crippen LogP contribution in [-0.2, 0) is 6.42 Å². The van der Waals surface area contributed by atoms with Crippen LogP contribution in [0.15, 0.2) is 48.6 Å². The molecule has 1 fully saturated rings. The minimum atomic E-state index is -4.64. The van der Waals surface area contributed by atoms with Crippen LogP contribution in [0.1, 0.15) is 50.5 Å². The second kappa shape index (κ2) is 10.8. The fraction of sp³-hybridized carbons (Fsp3) is 0.500. The molecule has 0 aliphatic heterocycles. The fourth-order valence-corrected chi connectivity index (χ4v) is 3.64. The van der Waals surface area contributed by atoms with Crippen LogP contribution < -0.4 is 4.74 Å². The summed E-state index contributed by atoms with van der Waals surface area (Å²) in [6, 6.07) is 8.18. The molecule has 1 saturated carbocycles. The number of rotatable bonds is 8. The molecule has 2 nitrogen and oxygen atoms in total. The van der Waals surface area contributed by atoms with Gasteiger partial charge in [0.2, 0.25) is 0 Å². The van der Waals surface area contributed by atoms with Gasteiger partial charge in [-0.2, -0.15) is 5.26 Å². The largest absolute Gasteiger partial charge is 0.573 e. The standard InChI is InChI=1S/C22H26F3NO/c23-22(24,25)27-21-15-13-20(14-16-21)12-11-19-9-7-18(8-10-19)6-4-2-1-3-5-17-26/h1-3,5,13-16,18-19H,4,6-12H2/t18-,19-. The van der Waals surface area contributed by atoms with Crippen molar-refractivity contribution in [1.82, 2.24) is 0 Å². The number of nitrogens with zero attached hydrogens (tertiary/aromatic N) is 1. The Morgan fingerprint density at radius 2 is 1.63 bits per heavy atom. The Hall–Kier alpha value is -2.22. The van der Waals surface area contributed by atoms with E-state index >= 15 is 0 Å². The van der Waals surface area contributed by atoms with Crippen molar-refractivity contribution >= 4 is 0 Å². The van der Waals surface area contributed by atoms with E-state index in [0.29, 0.717) is 5.92 Å². The predicted molar refractivity (Wildman–Crippen MR) is 100 cm³/mol. The zero-order valence-electron chi connectivity index (χ0n) is 15.4. The molecule has 0 unspecified atom stereocenters. The Kier molecular flexibility index (Phi) is 8.44. The van der Waals surface area contributed by atoms with E-state index in [1.54, 1.807) is 18.2 Å². The average molecular weight is 377 g/mol. The summed E-state index contributed by atoms with van der Waals surface area (Å²) in [6.07, 6.45) is 11.9. The molecule has 0 aromatic heterocycles. The fourth-order valence-electron chi connectivity index (χ4n) is 3.64. The summed E-state index contributed by atoms with van der Waals surface area (Å²) in [5.74, 6) is 1.33. The van der Waals surface area contributed by atoms with E-state index in [-0.39, 0.29) is 5.75 Å². The van der Waals surface area contributed by atoms with Crippen LogP contribution in [0.4, 0.5) is 13.2 Å². The van der Waals surface area contributed by atoms with Crippen molar-refractivity contribution in [2.24, 2.45) is 11.8 Å². The third-order valence-corrected chi connectivity index (χ3v) is 5.12. The van der Waals surface area contributed by atoms with Crippen LogP contribution in [0.5, 0.6) is 5.75 Å². The summed E-state index contributed by atoms with van der Waals surface area (Å²) in [4.78, 5) is 0. The SMILES string of the molecule is N#CC=CC=CCC[C@H]1CC[C@H](CCc2ccc(OC(F)(F)F)cc2)CC1. The van der Waals surface area contributed by atoms with Crippen molar-refractivity contribution in [3.05, 3.63) is 54.1 Å². The number of nitriles is 1. The maximum atomic E-state index is 12.2. The highest BCUT2D eigenvalue weighted by Crippen LogP contribution is 2.34. The Balaban J connectivity index is 1.64. The molecule has 0 N–H and O–H groups in total. The van der Waals surface area contributed by atoms with Gasteiger partial charge in [0.05, 0.1) is 6.07 Å². The molecule has 0 saturated heterocycles. The van der Waals surface area contributed by atoms with Gasteiger partial charge in [-0.1, -0.05) is 56.0 Å². The zero-order chi connectivity index (χ0) is 19.5. The van der Waals surface area contributed by atoms with E-state index in [4.69, 9.17) is 5.26 Å². The van der Waals surface area contributed by atoms with E-state index in [1.165, 1.54) is 50.3 Å². The summed E-state index contributed by atoms with van der Waals surface area (Å²) >= 11 is 0. The smallest absolute Gasteiger partial charge is 0.406 e. The van der Waals surface area contributed by atoms with Crippen LogP contribution >= 0.6 is 0 Å². The molecule has 1 aromatic carbocycles. The maximum absolute atomic E-state index is 12.2. The Morgan fingerprint density at radius 3 is 2.22 bits per heavy atom. The van der Waals surface area contributed by atoms with E-state index in [9.17, 15) is 13.2 Å². The molecule has 0 amide bonds. The molecule has 1 aromatic rings. The van der Waals surface area contributed by atoms with Gasteiger partial charge in [0.1, 0.15) is 5.75 Å². The molecule has 146 valence electrons. The molecule has 1 aliphatic carbocycles. The number of alkyl halides is 3. The second-order valence-electron chi connectivity index (χ2n) is 7.11. The number of hydrogen-bond donors (Lipinski definition) is 0. The van der Waals surface area contributed by atoms with Crippen LogP contribution in [0.2, 0.25) is 0 Å². The summed E-state index contributed by atoms with van der Waals surface area (Å²) < 4.78 is 40.4. The first-order valence-electron chi connectivity index (χ1n) is 9.52. The van der Waals surface area contributed by atoms with Crippen LogP contribution in [0, 0.1) is 23.2 Å². The number of hydrogen-bond acceptors (Lipinski definition) is 2.